The maximum absolute atomic E-state index is 12.7. The summed E-state index contributed by atoms with van der Waals surface area (Å²) in [6, 6.07) is 20.0. The molecule has 0 saturated heterocycles. The van der Waals surface area contributed by atoms with Crippen molar-refractivity contribution in [1.82, 2.24) is 19.5 Å². The number of pyridine rings is 1. The lowest BCUT2D eigenvalue weighted by Gasteiger charge is -2.17. The minimum absolute atomic E-state index is 0.0593. The number of nitrogens with zero attached hydrogens (tertiary/aromatic N) is 4. The van der Waals surface area contributed by atoms with E-state index < -0.39 is 0 Å². The van der Waals surface area contributed by atoms with Crippen LogP contribution in [0.15, 0.2) is 66.9 Å². The molecular formula is C20H18N4O. The number of amides is 1. The predicted molar refractivity (Wildman–Crippen MR) is 97.1 cm³/mol. The van der Waals surface area contributed by atoms with Crippen LogP contribution in [0.3, 0.4) is 0 Å². The molecule has 5 heteroatoms. The molecule has 5 nitrogen and oxygen atoms in total. The number of likely N-dealkylation sites (N-methyl/N-ethyl adjacent to an activating group) is 1. The molecule has 2 heterocycles. The fourth-order valence-corrected chi connectivity index (χ4v) is 3.04. The van der Waals surface area contributed by atoms with Crippen molar-refractivity contribution < 1.29 is 4.79 Å². The summed E-state index contributed by atoms with van der Waals surface area (Å²) in [6.45, 7) is 0.425. The molecule has 0 radical (unpaired) electrons. The maximum Gasteiger partial charge on any atom is 0.227 e. The Hall–Kier alpha value is -3.21. The first kappa shape index (κ1) is 15.3. The number of hydrogen-bond acceptors (Lipinski definition) is 3. The van der Waals surface area contributed by atoms with E-state index in [9.17, 15) is 4.79 Å². The highest BCUT2D eigenvalue weighted by molar-refractivity contribution is 5.90. The van der Waals surface area contributed by atoms with Gasteiger partial charge in [-0.15, -0.1) is 10.2 Å². The van der Waals surface area contributed by atoms with Crippen molar-refractivity contribution in [1.29, 1.82) is 0 Å². The maximum atomic E-state index is 12.7. The Morgan fingerprint density at radius 1 is 1.00 bits per heavy atom. The van der Waals surface area contributed by atoms with Crippen LogP contribution in [0.1, 0.15) is 11.4 Å². The highest BCUT2D eigenvalue weighted by Gasteiger charge is 2.14. The molecular weight excluding hydrogens is 312 g/mol. The Labute approximate surface area is 145 Å². The highest BCUT2D eigenvalue weighted by Crippen LogP contribution is 2.19. The molecule has 124 valence electrons. The van der Waals surface area contributed by atoms with Gasteiger partial charge in [0.15, 0.2) is 11.5 Å². The Morgan fingerprint density at radius 3 is 2.72 bits per heavy atom. The van der Waals surface area contributed by atoms with Crippen LogP contribution in [0.5, 0.6) is 0 Å². The largest absolute Gasteiger partial charge is 0.338 e. The summed E-state index contributed by atoms with van der Waals surface area (Å²) in [6.07, 6.45) is 2.28. The van der Waals surface area contributed by atoms with E-state index >= 15 is 0 Å². The second-order valence-corrected chi connectivity index (χ2v) is 6.11. The second kappa shape index (κ2) is 6.36. The van der Waals surface area contributed by atoms with Crippen LogP contribution in [0.25, 0.3) is 16.4 Å². The second-order valence-electron chi connectivity index (χ2n) is 6.11. The Morgan fingerprint density at radius 2 is 1.80 bits per heavy atom. The Kier molecular flexibility index (Phi) is 3.90. The van der Waals surface area contributed by atoms with E-state index in [-0.39, 0.29) is 5.91 Å². The lowest BCUT2D eigenvalue weighted by atomic mass is 10.0. The van der Waals surface area contributed by atoms with E-state index in [4.69, 9.17) is 0 Å². The number of rotatable bonds is 4. The fourth-order valence-electron chi connectivity index (χ4n) is 3.04. The lowest BCUT2D eigenvalue weighted by molar-refractivity contribution is -0.129. The molecule has 0 aliphatic heterocycles. The molecule has 4 aromatic rings. The summed E-state index contributed by atoms with van der Waals surface area (Å²) in [5.74, 6) is 0.813. The third-order valence-corrected chi connectivity index (χ3v) is 4.41. The molecule has 0 spiro atoms. The monoisotopic (exact) mass is 330 g/mol. The summed E-state index contributed by atoms with van der Waals surface area (Å²) >= 11 is 0. The predicted octanol–water partition coefficient (Wildman–Crippen LogP) is 3.08. The fraction of sp³-hybridized carbons (Fsp3) is 0.150. The van der Waals surface area contributed by atoms with Crippen molar-refractivity contribution in [2.75, 3.05) is 7.05 Å². The van der Waals surface area contributed by atoms with Gasteiger partial charge in [0, 0.05) is 13.2 Å². The standard InChI is InChI=1S/C20H18N4O/c1-23(14-19-22-21-18-11-4-5-12-24(18)19)20(25)13-16-9-6-8-15-7-2-3-10-17(15)16/h2-12H,13-14H2,1H3. The molecule has 0 unspecified atom stereocenters. The van der Waals surface area contributed by atoms with Gasteiger partial charge in [-0.2, -0.15) is 0 Å². The Bertz CT molecular complexity index is 1050. The van der Waals surface area contributed by atoms with Crippen LogP contribution in [0.2, 0.25) is 0 Å². The first-order valence-corrected chi connectivity index (χ1v) is 8.21. The third kappa shape index (κ3) is 2.96. The van der Waals surface area contributed by atoms with E-state index in [0.717, 1.165) is 27.8 Å². The zero-order chi connectivity index (χ0) is 17.2. The average Bonchev–Trinajstić information content (AvgIpc) is 3.05. The summed E-state index contributed by atoms with van der Waals surface area (Å²) in [7, 11) is 1.80. The molecule has 0 aliphatic carbocycles. The molecule has 0 atom stereocenters. The van der Waals surface area contributed by atoms with Crippen LogP contribution in [0.4, 0.5) is 0 Å². The number of aromatic nitrogens is 3. The highest BCUT2D eigenvalue weighted by atomic mass is 16.2. The minimum atomic E-state index is 0.0593. The SMILES string of the molecule is CN(Cc1nnc2ccccn12)C(=O)Cc1cccc2ccccc12. The summed E-state index contributed by atoms with van der Waals surface area (Å²) < 4.78 is 1.90. The van der Waals surface area contributed by atoms with Gasteiger partial charge in [0.1, 0.15) is 0 Å². The third-order valence-electron chi connectivity index (χ3n) is 4.41. The number of benzene rings is 2. The van der Waals surface area contributed by atoms with Gasteiger partial charge in [0.25, 0.3) is 0 Å². The van der Waals surface area contributed by atoms with Crippen LogP contribution >= 0.6 is 0 Å². The quantitative estimate of drug-likeness (QED) is 0.578. The zero-order valence-corrected chi connectivity index (χ0v) is 14.0. The van der Waals surface area contributed by atoms with E-state index in [1.807, 2.05) is 53.1 Å². The van der Waals surface area contributed by atoms with Crippen molar-refractivity contribution in [3.8, 4) is 0 Å². The molecule has 0 N–H and O–H groups in total. The molecule has 2 aromatic carbocycles. The molecule has 2 aromatic heterocycles. The molecule has 4 rings (SSSR count). The van der Waals surface area contributed by atoms with E-state index in [1.165, 1.54) is 0 Å². The molecule has 25 heavy (non-hydrogen) atoms. The summed E-state index contributed by atoms with van der Waals surface area (Å²) in [4.78, 5) is 14.4. The first-order chi connectivity index (χ1) is 12.2. The van der Waals surface area contributed by atoms with Gasteiger partial charge in [-0.25, -0.2) is 0 Å². The number of carbonyl (C=O) groups is 1. The number of carbonyl (C=O) groups excluding carboxylic acids is 1. The van der Waals surface area contributed by atoms with Crippen molar-refractivity contribution >= 4 is 22.3 Å². The number of fused-ring (bicyclic) bond motifs is 2. The van der Waals surface area contributed by atoms with Gasteiger partial charge in [0.05, 0.1) is 13.0 Å². The topological polar surface area (TPSA) is 50.5 Å². The molecule has 0 fully saturated rings. The van der Waals surface area contributed by atoms with Gasteiger partial charge in [-0.05, 0) is 28.5 Å². The van der Waals surface area contributed by atoms with Crippen LogP contribution in [-0.2, 0) is 17.8 Å². The minimum Gasteiger partial charge on any atom is -0.338 e. The van der Waals surface area contributed by atoms with Crippen LogP contribution < -0.4 is 0 Å². The van der Waals surface area contributed by atoms with Crippen LogP contribution in [0, 0.1) is 0 Å². The summed E-state index contributed by atoms with van der Waals surface area (Å²) in [5, 5.41) is 10.6. The normalized spacial score (nSPS) is 11.1. The van der Waals surface area contributed by atoms with E-state index in [2.05, 4.69) is 28.4 Å². The van der Waals surface area contributed by atoms with Gasteiger partial charge in [-0.3, -0.25) is 9.20 Å². The van der Waals surface area contributed by atoms with Crippen molar-refractivity contribution in [2.45, 2.75) is 13.0 Å². The smallest absolute Gasteiger partial charge is 0.227 e. The molecule has 1 amide bonds. The Balaban J connectivity index is 1.54. The van der Waals surface area contributed by atoms with Gasteiger partial charge >= 0.3 is 0 Å². The van der Waals surface area contributed by atoms with E-state index in [1.54, 1.807) is 11.9 Å². The van der Waals surface area contributed by atoms with Crippen molar-refractivity contribution in [3.05, 3.63) is 78.2 Å². The average molecular weight is 330 g/mol. The molecule has 0 bridgehead atoms. The van der Waals surface area contributed by atoms with Crippen LogP contribution in [-0.4, -0.2) is 32.5 Å². The zero-order valence-electron chi connectivity index (χ0n) is 14.0. The van der Waals surface area contributed by atoms with Gasteiger partial charge < -0.3 is 4.90 Å². The molecule has 0 aliphatic rings. The number of hydrogen-bond donors (Lipinski definition) is 0. The summed E-state index contributed by atoms with van der Waals surface area (Å²) in [5.41, 5.74) is 1.83. The van der Waals surface area contributed by atoms with Gasteiger partial charge in [0.2, 0.25) is 5.91 Å². The first-order valence-electron chi connectivity index (χ1n) is 8.21. The van der Waals surface area contributed by atoms with E-state index in [0.29, 0.717) is 13.0 Å². The molecule has 0 saturated carbocycles. The lowest BCUT2D eigenvalue weighted by Crippen LogP contribution is -2.28. The van der Waals surface area contributed by atoms with Crippen molar-refractivity contribution in [3.63, 3.8) is 0 Å². The van der Waals surface area contributed by atoms with Crippen molar-refractivity contribution in [2.24, 2.45) is 0 Å². The van der Waals surface area contributed by atoms with Gasteiger partial charge in [-0.1, -0.05) is 48.5 Å².